The third-order valence-electron chi connectivity index (χ3n) is 5.37. The molecule has 1 aliphatic rings. The average molecular weight is 477 g/mol. The normalized spacial score (nSPS) is 17.9. The van der Waals surface area contributed by atoms with E-state index in [-0.39, 0.29) is 29.3 Å². The highest BCUT2D eigenvalue weighted by atomic mass is 35.5. The first-order chi connectivity index (χ1) is 15.1. The second-order valence-electron chi connectivity index (χ2n) is 7.82. The molecule has 10 heteroatoms. The van der Waals surface area contributed by atoms with Gasteiger partial charge in [0.2, 0.25) is 0 Å². The number of aromatic nitrogens is 2. The van der Waals surface area contributed by atoms with Crippen LogP contribution in [-0.4, -0.2) is 35.7 Å². The van der Waals surface area contributed by atoms with E-state index in [0.29, 0.717) is 34.2 Å². The van der Waals surface area contributed by atoms with Gasteiger partial charge in [-0.3, -0.25) is 0 Å². The van der Waals surface area contributed by atoms with Crippen LogP contribution in [0.15, 0.2) is 39.6 Å². The van der Waals surface area contributed by atoms with Crippen molar-refractivity contribution >= 4 is 44.5 Å². The van der Waals surface area contributed by atoms with Crippen molar-refractivity contribution in [3.05, 3.63) is 68.3 Å². The Morgan fingerprint density at radius 1 is 1.34 bits per heavy atom. The fourth-order valence-corrected chi connectivity index (χ4v) is 5.80. The minimum Gasteiger partial charge on any atom is -0.458 e. The maximum absolute atomic E-state index is 12.3. The van der Waals surface area contributed by atoms with Gasteiger partial charge in [-0.05, 0) is 38.0 Å². The Hall–Kier alpha value is -2.91. The lowest BCUT2D eigenvalue weighted by atomic mass is 10.1. The molecule has 168 valence electrons. The van der Waals surface area contributed by atoms with E-state index in [9.17, 15) is 18.0 Å². The number of benzene rings is 1. The van der Waals surface area contributed by atoms with Crippen molar-refractivity contribution in [2.45, 2.75) is 32.9 Å². The van der Waals surface area contributed by atoms with E-state index in [1.165, 1.54) is 22.9 Å². The summed E-state index contributed by atoms with van der Waals surface area (Å²) in [4.78, 5) is 24.1. The summed E-state index contributed by atoms with van der Waals surface area (Å²) in [5.41, 5.74) is 2.50. The first-order valence-electron chi connectivity index (χ1n) is 9.96. The second kappa shape index (κ2) is 8.55. The molecule has 3 heterocycles. The minimum absolute atomic E-state index is 0.00240. The number of carbonyl (C=O) groups is 1. The van der Waals surface area contributed by atoms with E-state index in [2.05, 4.69) is 5.10 Å². The summed E-state index contributed by atoms with van der Waals surface area (Å²) in [5.74, 6) is -0.515. The monoisotopic (exact) mass is 476 g/mol. The minimum atomic E-state index is -3.09. The number of carbonyl (C=O) groups excluding carboxylic acids is 1. The molecule has 0 aliphatic carbocycles. The summed E-state index contributed by atoms with van der Waals surface area (Å²) in [6.07, 6.45) is 3.17. The molecule has 1 aromatic carbocycles. The maximum atomic E-state index is 12.3. The van der Waals surface area contributed by atoms with Gasteiger partial charge in [-0.15, -0.1) is 0 Å². The Morgan fingerprint density at radius 3 is 2.84 bits per heavy atom. The number of hydrogen-bond acceptors (Lipinski definition) is 7. The topological polar surface area (TPSA) is 108 Å². The van der Waals surface area contributed by atoms with Crippen LogP contribution in [0.2, 0.25) is 5.15 Å². The molecule has 2 aromatic heterocycles. The van der Waals surface area contributed by atoms with Crippen LogP contribution in [0, 0.1) is 13.8 Å². The summed E-state index contributed by atoms with van der Waals surface area (Å²) < 4.78 is 35.5. The molecule has 8 nitrogen and oxygen atoms in total. The highest BCUT2D eigenvalue weighted by Gasteiger charge is 2.31. The van der Waals surface area contributed by atoms with Crippen LogP contribution in [0.1, 0.15) is 34.8 Å². The van der Waals surface area contributed by atoms with Gasteiger partial charge in [0.05, 0.1) is 23.2 Å². The number of sulfone groups is 1. The molecule has 3 aromatic rings. The summed E-state index contributed by atoms with van der Waals surface area (Å²) in [6.45, 7) is 3.52. The van der Waals surface area contributed by atoms with E-state index in [1.54, 1.807) is 13.0 Å². The van der Waals surface area contributed by atoms with E-state index in [4.69, 9.17) is 20.8 Å². The molecular weight excluding hydrogens is 456 g/mol. The fraction of sp³-hybridized carbons (Fsp3) is 0.318. The quantitative estimate of drug-likeness (QED) is 0.315. The Kier molecular flexibility index (Phi) is 5.96. The van der Waals surface area contributed by atoms with Gasteiger partial charge in [0, 0.05) is 28.7 Å². The predicted molar refractivity (Wildman–Crippen MR) is 120 cm³/mol. The van der Waals surface area contributed by atoms with Gasteiger partial charge in [0.15, 0.2) is 9.84 Å². The van der Waals surface area contributed by atoms with Gasteiger partial charge in [0.25, 0.3) is 0 Å². The number of hydrogen-bond donors (Lipinski definition) is 0. The highest BCUT2D eigenvalue weighted by molar-refractivity contribution is 7.91. The third kappa shape index (κ3) is 4.63. The number of halogens is 1. The zero-order chi connectivity index (χ0) is 23.0. The lowest BCUT2D eigenvalue weighted by Gasteiger charge is -2.09. The number of aryl methyl sites for hydroxylation is 2. The third-order valence-corrected chi connectivity index (χ3v) is 7.49. The zero-order valence-electron chi connectivity index (χ0n) is 17.5. The van der Waals surface area contributed by atoms with Crippen molar-refractivity contribution < 1.29 is 22.4 Å². The zero-order valence-corrected chi connectivity index (χ0v) is 19.1. The summed E-state index contributed by atoms with van der Waals surface area (Å²) >= 11 is 6.41. The van der Waals surface area contributed by atoms with Gasteiger partial charge in [-0.1, -0.05) is 23.7 Å². The average Bonchev–Trinajstić information content (AvgIpc) is 3.22. The van der Waals surface area contributed by atoms with Crippen molar-refractivity contribution in [2.75, 3.05) is 11.5 Å². The smallest absolute Gasteiger partial charge is 0.336 e. The van der Waals surface area contributed by atoms with Crippen LogP contribution in [-0.2, 0) is 26.0 Å². The van der Waals surface area contributed by atoms with Gasteiger partial charge >= 0.3 is 11.6 Å². The number of fused-ring (bicyclic) bond motifs is 1. The SMILES string of the molecule is Cc1ccc2c(COC(=O)/C=C/c3c(C)nn([C@H]4CCS(=O)(=O)C4)c3Cl)cc(=O)oc2c1. The molecule has 32 heavy (non-hydrogen) atoms. The molecular formula is C22H21ClN2O6S. The molecule has 0 bridgehead atoms. The molecule has 1 fully saturated rings. The number of ether oxygens (including phenoxy) is 1. The first kappa shape index (κ1) is 22.3. The Labute approximate surface area is 189 Å². The van der Waals surface area contributed by atoms with Crippen molar-refractivity contribution in [3.8, 4) is 0 Å². The van der Waals surface area contributed by atoms with E-state index in [1.807, 2.05) is 19.1 Å². The second-order valence-corrected chi connectivity index (χ2v) is 10.4. The van der Waals surface area contributed by atoms with Crippen LogP contribution >= 0.6 is 11.6 Å². The summed E-state index contributed by atoms with van der Waals surface area (Å²) in [7, 11) is -3.09. The van der Waals surface area contributed by atoms with Crippen molar-refractivity contribution in [3.63, 3.8) is 0 Å². The van der Waals surface area contributed by atoms with Crippen LogP contribution < -0.4 is 5.63 Å². The van der Waals surface area contributed by atoms with Gasteiger partial charge in [-0.2, -0.15) is 5.10 Å². The maximum Gasteiger partial charge on any atom is 0.336 e. The predicted octanol–water partition coefficient (Wildman–Crippen LogP) is 3.38. The summed E-state index contributed by atoms with van der Waals surface area (Å²) in [5, 5.41) is 5.32. The molecule has 4 rings (SSSR count). The van der Waals surface area contributed by atoms with Gasteiger partial charge in [-0.25, -0.2) is 22.7 Å². The number of nitrogens with zero attached hydrogens (tertiary/aromatic N) is 2. The van der Waals surface area contributed by atoms with Crippen molar-refractivity contribution in [1.29, 1.82) is 0 Å². The Balaban J connectivity index is 1.48. The molecule has 1 aliphatic heterocycles. The molecule has 0 unspecified atom stereocenters. The van der Waals surface area contributed by atoms with E-state index >= 15 is 0 Å². The fourth-order valence-electron chi connectivity index (χ4n) is 3.74. The standard InChI is InChI=1S/C22H21ClN2O6S/c1-13-3-4-18-15(10-21(27)31-19(18)9-13)11-30-20(26)6-5-17-14(2)24-25(22(17)23)16-7-8-32(28,29)12-16/h3-6,9-10,16H,7-8,11-12H2,1-2H3/b6-5+/t16-/m0/s1. The summed E-state index contributed by atoms with van der Waals surface area (Å²) in [6, 6.07) is 6.43. The van der Waals surface area contributed by atoms with Crippen molar-refractivity contribution in [1.82, 2.24) is 9.78 Å². The lowest BCUT2D eigenvalue weighted by molar-refractivity contribution is -0.138. The molecule has 0 amide bonds. The Bertz CT molecular complexity index is 1400. The molecule has 0 N–H and O–H groups in total. The lowest BCUT2D eigenvalue weighted by Crippen LogP contribution is -2.12. The molecule has 0 spiro atoms. The van der Waals surface area contributed by atoms with Gasteiger partial charge < -0.3 is 9.15 Å². The van der Waals surface area contributed by atoms with E-state index < -0.39 is 21.4 Å². The van der Waals surface area contributed by atoms with Crippen LogP contribution in [0.3, 0.4) is 0 Å². The largest absolute Gasteiger partial charge is 0.458 e. The van der Waals surface area contributed by atoms with Crippen LogP contribution in [0.25, 0.3) is 17.0 Å². The van der Waals surface area contributed by atoms with E-state index in [0.717, 1.165) is 5.56 Å². The number of esters is 1. The van der Waals surface area contributed by atoms with Crippen molar-refractivity contribution in [2.24, 2.45) is 0 Å². The Morgan fingerprint density at radius 2 is 2.12 bits per heavy atom. The first-order valence-corrected chi connectivity index (χ1v) is 12.2. The molecule has 0 saturated carbocycles. The molecule has 1 atom stereocenters. The molecule has 0 radical (unpaired) electrons. The highest BCUT2D eigenvalue weighted by Crippen LogP contribution is 2.30. The van der Waals surface area contributed by atoms with Crippen LogP contribution in [0.5, 0.6) is 0 Å². The van der Waals surface area contributed by atoms with Crippen LogP contribution in [0.4, 0.5) is 0 Å². The van der Waals surface area contributed by atoms with Gasteiger partial charge in [0.1, 0.15) is 17.3 Å². The number of rotatable bonds is 5. The molecule has 1 saturated heterocycles.